The number of aromatic nitrogens is 2. The van der Waals surface area contributed by atoms with Crippen molar-refractivity contribution in [1.82, 2.24) is 10.2 Å². The summed E-state index contributed by atoms with van der Waals surface area (Å²) >= 11 is 0. The van der Waals surface area contributed by atoms with Crippen molar-refractivity contribution in [3.63, 3.8) is 0 Å². The van der Waals surface area contributed by atoms with Gasteiger partial charge >= 0.3 is 5.97 Å². The highest BCUT2D eigenvalue weighted by atomic mass is 16.4. The van der Waals surface area contributed by atoms with Gasteiger partial charge in [-0.05, 0) is 12.5 Å². The lowest BCUT2D eigenvalue weighted by atomic mass is 10.1. The van der Waals surface area contributed by atoms with E-state index in [2.05, 4.69) is 10.2 Å². The fraction of sp³-hybridized carbons (Fsp3) is 0.231. The second-order valence-corrected chi connectivity index (χ2v) is 4.36. The molecule has 0 saturated heterocycles. The highest BCUT2D eigenvalue weighted by molar-refractivity contribution is 5.75. The molecule has 0 amide bonds. The number of hydrogen-bond acceptors (Lipinski definition) is 2. The molecule has 0 unspecified atom stereocenters. The van der Waals surface area contributed by atoms with Gasteiger partial charge in [-0.15, -0.1) is 0 Å². The largest absolute Gasteiger partial charge is 0.481 e. The van der Waals surface area contributed by atoms with E-state index in [4.69, 9.17) is 5.11 Å². The highest BCUT2D eigenvalue weighted by Gasteiger charge is 2.45. The first-order valence-electron chi connectivity index (χ1n) is 5.59. The number of aliphatic carboxylic acids is 1. The third kappa shape index (κ3) is 1.82. The molecule has 1 aliphatic rings. The molecule has 1 saturated carbocycles. The van der Waals surface area contributed by atoms with Gasteiger partial charge in [-0.25, -0.2) is 0 Å². The zero-order valence-electron chi connectivity index (χ0n) is 9.13. The minimum atomic E-state index is -0.717. The Morgan fingerprint density at radius 2 is 2.12 bits per heavy atom. The normalized spacial score (nSPS) is 22.4. The quantitative estimate of drug-likeness (QED) is 0.846. The number of carbonyl (C=O) groups is 1. The summed E-state index contributed by atoms with van der Waals surface area (Å²) in [5.41, 5.74) is 2.84. The van der Waals surface area contributed by atoms with Gasteiger partial charge in [0.05, 0.1) is 11.6 Å². The van der Waals surface area contributed by atoms with Crippen LogP contribution in [-0.2, 0) is 4.79 Å². The maximum Gasteiger partial charge on any atom is 0.307 e. The predicted octanol–water partition coefficient (Wildman–Crippen LogP) is 2.26. The van der Waals surface area contributed by atoms with Gasteiger partial charge in [0.1, 0.15) is 0 Å². The van der Waals surface area contributed by atoms with Gasteiger partial charge in [0.15, 0.2) is 0 Å². The van der Waals surface area contributed by atoms with Crippen molar-refractivity contribution in [3.8, 4) is 11.3 Å². The molecule has 2 atom stereocenters. The summed E-state index contributed by atoms with van der Waals surface area (Å²) in [6.45, 7) is 0. The fourth-order valence-corrected chi connectivity index (χ4v) is 2.10. The van der Waals surface area contributed by atoms with E-state index in [0.29, 0.717) is 6.42 Å². The number of rotatable bonds is 3. The van der Waals surface area contributed by atoms with E-state index in [1.165, 1.54) is 0 Å². The average Bonchev–Trinajstić information content (AvgIpc) is 3.01. The Balaban J connectivity index is 1.83. The van der Waals surface area contributed by atoms with E-state index < -0.39 is 5.97 Å². The molecule has 2 aromatic rings. The van der Waals surface area contributed by atoms with Crippen LogP contribution in [0.25, 0.3) is 11.3 Å². The van der Waals surface area contributed by atoms with Gasteiger partial charge < -0.3 is 5.11 Å². The second-order valence-electron chi connectivity index (χ2n) is 4.36. The molecule has 2 N–H and O–H groups in total. The molecule has 0 aliphatic heterocycles. The maximum atomic E-state index is 10.8. The molecule has 0 bridgehead atoms. The molecule has 0 radical (unpaired) electrons. The van der Waals surface area contributed by atoms with E-state index in [1.54, 1.807) is 0 Å². The van der Waals surface area contributed by atoms with Crippen LogP contribution in [0.15, 0.2) is 36.4 Å². The molecule has 1 fully saturated rings. The van der Waals surface area contributed by atoms with Crippen LogP contribution < -0.4 is 0 Å². The minimum absolute atomic E-state index is 0.109. The zero-order valence-corrected chi connectivity index (χ0v) is 9.13. The standard InChI is InChI=1S/C13H12N2O2/c16-13(17)10-6-9(10)12-7-11(14-15-12)8-4-2-1-3-5-8/h1-5,7,9-10H,6H2,(H,14,15)(H,16,17)/t9-,10-/m1/s1. The summed E-state index contributed by atoms with van der Waals surface area (Å²) in [6, 6.07) is 11.8. The topological polar surface area (TPSA) is 66.0 Å². The van der Waals surface area contributed by atoms with E-state index in [1.807, 2.05) is 36.4 Å². The first-order valence-corrected chi connectivity index (χ1v) is 5.59. The number of carboxylic acid groups (broad SMARTS) is 1. The number of aromatic amines is 1. The monoisotopic (exact) mass is 228 g/mol. The third-order valence-corrected chi connectivity index (χ3v) is 3.17. The first-order chi connectivity index (χ1) is 8.25. The zero-order chi connectivity index (χ0) is 11.8. The number of H-pyrrole nitrogens is 1. The van der Waals surface area contributed by atoms with Gasteiger partial charge in [-0.3, -0.25) is 9.89 Å². The number of nitrogens with zero attached hydrogens (tertiary/aromatic N) is 1. The van der Waals surface area contributed by atoms with Crippen molar-refractivity contribution >= 4 is 5.97 Å². The van der Waals surface area contributed by atoms with Crippen molar-refractivity contribution in [2.24, 2.45) is 5.92 Å². The number of hydrogen-bond donors (Lipinski definition) is 2. The Morgan fingerprint density at radius 3 is 2.76 bits per heavy atom. The van der Waals surface area contributed by atoms with Crippen molar-refractivity contribution in [2.45, 2.75) is 12.3 Å². The molecule has 17 heavy (non-hydrogen) atoms. The summed E-state index contributed by atoms with van der Waals surface area (Å²) in [5, 5.41) is 16.0. The Kier molecular flexibility index (Phi) is 2.21. The molecule has 1 aliphatic carbocycles. The molecule has 86 valence electrons. The Hall–Kier alpha value is -2.10. The molecule has 4 nitrogen and oxygen atoms in total. The minimum Gasteiger partial charge on any atom is -0.481 e. The van der Waals surface area contributed by atoms with Gasteiger partial charge in [-0.2, -0.15) is 5.10 Å². The molecule has 4 heteroatoms. The second kappa shape index (κ2) is 3.73. The summed E-state index contributed by atoms with van der Waals surface area (Å²) < 4.78 is 0. The molecule has 0 spiro atoms. The lowest BCUT2D eigenvalue weighted by Gasteiger charge is -1.93. The van der Waals surface area contributed by atoms with Crippen LogP contribution in [0.4, 0.5) is 0 Å². The summed E-state index contributed by atoms with van der Waals surface area (Å²) in [4.78, 5) is 10.8. The van der Waals surface area contributed by atoms with Crippen LogP contribution in [0.5, 0.6) is 0 Å². The van der Waals surface area contributed by atoms with Gasteiger partial charge in [0, 0.05) is 17.2 Å². The first kappa shape index (κ1) is 10.1. The van der Waals surface area contributed by atoms with Crippen LogP contribution in [-0.4, -0.2) is 21.3 Å². The van der Waals surface area contributed by atoms with Gasteiger partial charge in [-0.1, -0.05) is 30.3 Å². The maximum absolute atomic E-state index is 10.8. The molecule has 1 aromatic carbocycles. The molecule has 3 rings (SSSR count). The van der Waals surface area contributed by atoms with Gasteiger partial charge in [0.2, 0.25) is 0 Å². The van der Waals surface area contributed by atoms with Crippen LogP contribution in [0.1, 0.15) is 18.0 Å². The van der Waals surface area contributed by atoms with Crippen molar-refractivity contribution in [3.05, 3.63) is 42.1 Å². The molecule has 1 heterocycles. The SMILES string of the molecule is O=C(O)[C@@H]1C[C@H]1c1cc(-c2ccccc2)n[nH]1. The number of benzene rings is 1. The van der Waals surface area contributed by atoms with Crippen LogP contribution in [0.3, 0.4) is 0 Å². The highest BCUT2D eigenvalue weighted by Crippen LogP contribution is 2.47. The number of carboxylic acids is 1. The summed E-state index contributed by atoms with van der Waals surface area (Å²) in [7, 11) is 0. The molecule has 1 aromatic heterocycles. The van der Waals surface area contributed by atoms with E-state index in [-0.39, 0.29) is 11.8 Å². The van der Waals surface area contributed by atoms with Crippen LogP contribution in [0.2, 0.25) is 0 Å². The van der Waals surface area contributed by atoms with Crippen molar-refractivity contribution < 1.29 is 9.90 Å². The Morgan fingerprint density at radius 1 is 1.35 bits per heavy atom. The lowest BCUT2D eigenvalue weighted by molar-refractivity contribution is -0.138. The van der Waals surface area contributed by atoms with Gasteiger partial charge in [0.25, 0.3) is 0 Å². The third-order valence-electron chi connectivity index (χ3n) is 3.17. The average molecular weight is 228 g/mol. The number of nitrogens with one attached hydrogen (secondary N) is 1. The molecular formula is C13H12N2O2. The van der Waals surface area contributed by atoms with E-state index in [0.717, 1.165) is 17.0 Å². The Bertz CT molecular complexity index is 548. The van der Waals surface area contributed by atoms with Crippen molar-refractivity contribution in [2.75, 3.05) is 0 Å². The summed E-state index contributed by atoms with van der Waals surface area (Å²) in [6.07, 6.45) is 0.714. The van der Waals surface area contributed by atoms with E-state index >= 15 is 0 Å². The smallest absolute Gasteiger partial charge is 0.307 e. The lowest BCUT2D eigenvalue weighted by Crippen LogP contribution is -1.98. The van der Waals surface area contributed by atoms with Crippen molar-refractivity contribution in [1.29, 1.82) is 0 Å². The predicted molar refractivity (Wildman–Crippen MR) is 62.5 cm³/mol. The van der Waals surface area contributed by atoms with E-state index in [9.17, 15) is 4.79 Å². The molecular weight excluding hydrogens is 216 g/mol. The Labute approximate surface area is 98.3 Å². The van der Waals surface area contributed by atoms with Crippen LogP contribution in [0, 0.1) is 5.92 Å². The van der Waals surface area contributed by atoms with Crippen LogP contribution >= 0.6 is 0 Å². The fourth-order valence-electron chi connectivity index (χ4n) is 2.10. The summed E-state index contributed by atoms with van der Waals surface area (Å²) in [5.74, 6) is -0.845.